The van der Waals surface area contributed by atoms with Crippen molar-refractivity contribution in [3.63, 3.8) is 0 Å². The van der Waals surface area contributed by atoms with E-state index in [4.69, 9.17) is 4.52 Å². The number of rotatable bonds is 4. The van der Waals surface area contributed by atoms with Gasteiger partial charge in [-0.05, 0) is 37.7 Å². The zero-order valence-electron chi connectivity index (χ0n) is 22.7. The van der Waals surface area contributed by atoms with Gasteiger partial charge in [0.2, 0.25) is 5.91 Å². The average molecular weight is 503 g/mol. The molecule has 200 valence electrons. The molecule has 1 amide bonds. The van der Waals surface area contributed by atoms with E-state index in [0.29, 0.717) is 24.8 Å². The summed E-state index contributed by atoms with van der Waals surface area (Å²) in [6, 6.07) is 20.8. The van der Waals surface area contributed by atoms with Gasteiger partial charge in [0.1, 0.15) is 5.76 Å². The molecular weight excluding hydrogens is 456 g/mol. The maximum absolute atomic E-state index is 13.1. The van der Waals surface area contributed by atoms with Gasteiger partial charge >= 0.3 is 0 Å². The Morgan fingerprint density at radius 2 is 1.27 bits per heavy atom. The zero-order chi connectivity index (χ0) is 25.5. The van der Waals surface area contributed by atoms with Crippen LogP contribution in [0.3, 0.4) is 0 Å². The summed E-state index contributed by atoms with van der Waals surface area (Å²) < 4.78 is 6.00. The normalized spacial score (nSPS) is 21.1. The smallest absolute Gasteiger partial charge is 0.222 e. The minimum Gasteiger partial charge on any atom is -0.361 e. The molecule has 1 aliphatic heterocycles. The Hall–Kier alpha value is -2.62. The zero-order valence-corrected chi connectivity index (χ0v) is 22.7. The lowest BCUT2D eigenvalue weighted by atomic mass is 9.88. The van der Waals surface area contributed by atoms with Crippen molar-refractivity contribution in [1.29, 1.82) is 0 Å². The van der Waals surface area contributed by atoms with Crippen LogP contribution in [0.2, 0.25) is 0 Å². The van der Waals surface area contributed by atoms with E-state index >= 15 is 0 Å². The molecule has 1 saturated carbocycles. The highest BCUT2D eigenvalue weighted by Gasteiger charge is 2.24. The molecule has 2 fully saturated rings. The highest BCUT2D eigenvalue weighted by atomic mass is 16.5. The summed E-state index contributed by atoms with van der Waals surface area (Å²) in [4.78, 5) is 15.2. The van der Waals surface area contributed by atoms with E-state index in [9.17, 15) is 4.79 Å². The van der Waals surface area contributed by atoms with Crippen LogP contribution in [0.4, 0.5) is 0 Å². The lowest BCUT2D eigenvalue weighted by molar-refractivity contribution is -0.132. The largest absolute Gasteiger partial charge is 0.361 e. The molecule has 4 rings (SSSR count). The molecule has 1 unspecified atom stereocenters. The van der Waals surface area contributed by atoms with Crippen LogP contribution in [0.25, 0.3) is 0 Å². The number of nitrogens with zero attached hydrogens (tertiary/aromatic N) is 2. The SMILES string of the molecule is O=C1CCCCCC(c2cc(C3CCCCCCCCC3)on2)CCN1Cc1ccccccccc1. The van der Waals surface area contributed by atoms with E-state index in [1.54, 1.807) is 0 Å². The van der Waals surface area contributed by atoms with E-state index in [-0.39, 0.29) is 5.91 Å². The van der Waals surface area contributed by atoms with Gasteiger partial charge in [-0.15, -0.1) is 0 Å². The second-order valence-electron chi connectivity index (χ2n) is 11.1. The van der Waals surface area contributed by atoms with Crippen molar-refractivity contribution < 1.29 is 9.32 Å². The van der Waals surface area contributed by atoms with Crippen LogP contribution in [0.5, 0.6) is 0 Å². The predicted octanol–water partition coefficient (Wildman–Crippen LogP) is 8.87. The van der Waals surface area contributed by atoms with Crippen molar-refractivity contribution in [3.8, 4) is 0 Å². The Morgan fingerprint density at radius 3 is 1.95 bits per heavy atom. The molecule has 1 aromatic carbocycles. The van der Waals surface area contributed by atoms with Gasteiger partial charge in [0.25, 0.3) is 0 Å². The molecule has 0 spiro atoms. The Labute approximate surface area is 224 Å². The van der Waals surface area contributed by atoms with Gasteiger partial charge in [0.05, 0.1) is 5.69 Å². The fraction of sp³-hybridized carbons (Fsp3) is 0.576. The lowest BCUT2D eigenvalue weighted by Crippen LogP contribution is -2.32. The molecule has 37 heavy (non-hydrogen) atoms. The molecule has 1 saturated heterocycles. The van der Waals surface area contributed by atoms with Crippen molar-refractivity contribution in [3.05, 3.63) is 77.7 Å². The molecule has 0 bridgehead atoms. The topological polar surface area (TPSA) is 46.3 Å². The Morgan fingerprint density at radius 1 is 0.703 bits per heavy atom. The van der Waals surface area contributed by atoms with Crippen molar-refractivity contribution in [2.24, 2.45) is 0 Å². The van der Waals surface area contributed by atoms with Crippen molar-refractivity contribution in [1.82, 2.24) is 10.1 Å². The maximum atomic E-state index is 13.1. The minimum absolute atomic E-state index is 0.272. The molecule has 2 aromatic rings. The Kier molecular flexibility index (Phi) is 11.6. The van der Waals surface area contributed by atoms with E-state index < -0.39 is 0 Å². The summed E-state index contributed by atoms with van der Waals surface area (Å²) >= 11 is 0. The van der Waals surface area contributed by atoms with Crippen LogP contribution in [0.1, 0.15) is 125 Å². The molecule has 0 radical (unpaired) electrons. The number of aromatic nitrogens is 1. The van der Waals surface area contributed by atoms with Gasteiger partial charge in [0, 0.05) is 37.4 Å². The standard InChI is InChI=1S/C33H46N2O2/c36-33-23-17-11-16-20-29(24-25-35(33)27-28-18-12-7-3-1-4-8-13-19-28)31-26-32(37-34-31)30-21-14-9-5-2-6-10-15-22-30/h1,3-4,7-8,12-13,18-19,26,29-30H,2,5-6,9-11,14-17,20-25,27H2. The summed E-state index contributed by atoms with van der Waals surface area (Å²) in [5.41, 5.74) is 2.26. The van der Waals surface area contributed by atoms with Gasteiger partial charge in [-0.25, -0.2) is 0 Å². The predicted molar refractivity (Wildman–Crippen MR) is 151 cm³/mol. The molecule has 2 aliphatic rings. The van der Waals surface area contributed by atoms with Crippen molar-refractivity contribution in [2.45, 2.75) is 115 Å². The molecule has 1 aromatic heterocycles. The van der Waals surface area contributed by atoms with Crippen LogP contribution in [-0.2, 0) is 11.3 Å². The highest BCUT2D eigenvalue weighted by molar-refractivity contribution is 5.76. The first-order valence-electron chi connectivity index (χ1n) is 14.9. The fourth-order valence-corrected chi connectivity index (χ4v) is 5.89. The number of amides is 1. The number of carbonyl (C=O) groups is 1. The third kappa shape index (κ3) is 9.32. The van der Waals surface area contributed by atoms with Gasteiger partial charge < -0.3 is 9.42 Å². The first-order valence-corrected chi connectivity index (χ1v) is 14.9. The third-order valence-electron chi connectivity index (χ3n) is 8.18. The molecular formula is C33H46N2O2. The van der Waals surface area contributed by atoms with E-state index in [0.717, 1.165) is 55.7 Å². The van der Waals surface area contributed by atoms with Gasteiger partial charge in [-0.3, -0.25) is 4.79 Å². The second-order valence-corrected chi connectivity index (χ2v) is 11.1. The van der Waals surface area contributed by atoms with Crippen LogP contribution in [-0.4, -0.2) is 22.5 Å². The summed E-state index contributed by atoms with van der Waals surface area (Å²) in [5.74, 6) is 2.24. The second kappa shape index (κ2) is 15.6. The highest BCUT2D eigenvalue weighted by Crippen LogP contribution is 2.34. The van der Waals surface area contributed by atoms with Crippen LogP contribution >= 0.6 is 0 Å². The monoisotopic (exact) mass is 502 g/mol. The van der Waals surface area contributed by atoms with Crippen molar-refractivity contribution in [2.75, 3.05) is 6.54 Å². The summed E-state index contributed by atoms with van der Waals surface area (Å²) in [6.45, 7) is 1.41. The Balaban J connectivity index is 1.45. The molecule has 1 atom stereocenters. The quantitative estimate of drug-likeness (QED) is 0.419. The van der Waals surface area contributed by atoms with Crippen LogP contribution in [0, 0.1) is 0 Å². The molecule has 4 heteroatoms. The summed E-state index contributed by atoms with van der Waals surface area (Å²) in [7, 11) is 0. The van der Waals surface area contributed by atoms with Crippen molar-refractivity contribution >= 4 is 5.91 Å². The Bertz CT molecular complexity index is 964. The van der Waals surface area contributed by atoms with Crippen LogP contribution < -0.4 is 0 Å². The third-order valence-corrected chi connectivity index (χ3v) is 8.18. The fourth-order valence-electron chi connectivity index (χ4n) is 5.89. The van der Waals surface area contributed by atoms with E-state index in [2.05, 4.69) is 40.4 Å². The molecule has 0 N–H and O–H groups in total. The first kappa shape index (κ1) is 27.4. The summed E-state index contributed by atoms with van der Waals surface area (Å²) in [5, 5.41) is 4.62. The lowest BCUT2D eigenvalue weighted by Gasteiger charge is -2.26. The first-order chi connectivity index (χ1) is 18.3. The van der Waals surface area contributed by atoms with Gasteiger partial charge in [-0.1, -0.05) is 118 Å². The number of hydrogen-bond donors (Lipinski definition) is 0. The average Bonchev–Trinajstić information content (AvgIpc) is 3.41. The van der Waals surface area contributed by atoms with E-state index in [1.165, 1.54) is 57.8 Å². The van der Waals surface area contributed by atoms with Gasteiger partial charge in [-0.2, -0.15) is 0 Å². The molecule has 4 nitrogen and oxygen atoms in total. The van der Waals surface area contributed by atoms with Gasteiger partial charge in [0.15, 0.2) is 0 Å². The minimum atomic E-state index is 0.272. The summed E-state index contributed by atoms with van der Waals surface area (Å²) in [6.07, 6.45) is 17.8. The maximum Gasteiger partial charge on any atom is 0.222 e. The number of hydrogen-bond acceptors (Lipinski definition) is 3. The van der Waals surface area contributed by atoms with Crippen LogP contribution in [0.15, 0.2) is 65.2 Å². The molecule has 2 heterocycles. The van der Waals surface area contributed by atoms with E-state index in [1.807, 2.05) is 30.3 Å². The molecule has 1 aliphatic carbocycles. The number of carbonyl (C=O) groups excluding carboxylic acids is 1.